The third kappa shape index (κ3) is 3.69. The molecule has 1 aliphatic carbocycles. The van der Waals surface area contributed by atoms with Gasteiger partial charge in [0.25, 0.3) is 0 Å². The molecule has 1 heterocycles. The lowest BCUT2D eigenvalue weighted by atomic mass is 9.88. The molecule has 0 radical (unpaired) electrons. The van der Waals surface area contributed by atoms with Gasteiger partial charge in [0.15, 0.2) is 0 Å². The van der Waals surface area contributed by atoms with Crippen LogP contribution in [0.3, 0.4) is 0 Å². The highest BCUT2D eigenvalue weighted by Crippen LogP contribution is 2.26. The van der Waals surface area contributed by atoms with Crippen LogP contribution in [0.2, 0.25) is 0 Å². The third-order valence-electron chi connectivity index (χ3n) is 4.34. The summed E-state index contributed by atoms with van der Waals surface area (Å²) in [5.41, 5.74) is 0. The number of nitrogens with one attached hydrogen (secondary N) is 1. The van der Waals surface area contributed by atoms with Gasteiger partial charge in [-0.15, -0.1) is 0 Å². The lowest BCUT2D eigenvalue weighted by Gasteiger charge is -2.31. The molecule has 18 heavy (non-hydrogen) atoms. The van der Waals surface area contributed by atoms with E-state index in [1.807, 2.05) is 0 Å². The van der Waals surface area contributed by atoms with Crippen molar-refractivity contribution in [3.8, 4) is 0 Å². The molecule has 4 heteroatoms. The van der Waals surface area contributed by atoms with Gasteiger partial charge in [-0.3, -0.25) is 10.3 Å². The fraction of sp³-hybridized carbons (Fsp3) is 0.929. The number of hydrogen-bond donors (Lipinski definition) is 2. The first-order chi connectivity index (χ1) is 8.81. The van der Waals surface area contributed by atoms with Crippen LogP contribution in [0, 0.1) is 11.3 Å². The molecule has 0 atom stereocenters. The van der Waals surface area contributed by atoms with Crippen LogP contribution in [0.5, 0.6) is 0 Å². The summed E-state index contributed by atoms with van der Waals surface area (Å²) >= 11 is 0. The van der Waals surface area contributed by atoms with Gasteiger partial charge in [0.05, 0.1) is 12.4 Å². The summed E-state index contributed by atoms with van der Waals surface area (Å²) in [6, 6.07) is 0. The van der Waals surface area contributed by atoms with Gasteiger partial charge in [0, 0.05) is 32.1 Å². The standard InChI is InChI=1S/C14H27N3O/c15-14(13-5-2-1-3-6-13)17-8-4-7-16(9-10-17)11-12-18/h13,15,18H,1-12H2. The summed E-state index contributed by atoms with van der Waals surface area (Å²) in [5.74, 6) is 1.41. The van der Waals surface area contributed by atoms with Crippen molar-refractivity contribution in [3.63, 3.8) is 0 Å². The highest BCUT2D eigenvalue weighted by molar-refractivity contribution is 5.81. The van der Waals surface area contributed by atoms with E-state index < -0.39 is 0 Å². The molecule has 1 saturated carbocycles. The van der Waals surface area contributed by atoms with Crippen molar-refractivity contribution in [2.24, 2.45) is 5.92 Å². The molecule has 0 aromatic heterocycles. The van der Waals surface area contributed by atoms with Crippen molar-refractivity contribution < 1.29 is 5.11 Å². The van der Waals surface area contributed by atoms with Crippen LogP contribution in [-0.2, 0) is 0 Å². The molecule has 1 aliphatic heterocycles. The molecule has 0 bridgehead atoms. The summed E-state index contributed by atoms with van der Waals surface area (Å²) in [4.78, 5) is 4.60. The molecule has 104 valence electrons. The number of amidine groups is 1. The van der Waals surface area contributed by atoms with Crippen LogP contribution in [0.25, 0.3) is 0 Å². The Morgan fingerprint density at radius 2 is 1.78 bits per heavy atom. The van der Waals surface area contributed by atoms with Gasteiger partial charge < -0.3 is 10.0 Å². The minimum absolute atomic E-state index is 0.250. The predicted octanol–water partition coefficient (Wildman–Crippen LogP) is 1.54. The second-order valence-electron chi connectivity index (χ2n) is 5.63. The van der Waals surface area contributed by atoms with E-state index in [1.165, 1.54) is 32.1 Å². The highest BCUT2D eigenvalue weighted by atomic mass is 16.3. The van der Waals surface area contributed by atoms with Crippen molar-refractivity contribution >= 4 is 5.84 Å². The quantitative estimate of drug-likeness (QED) is 0.592. The molecule has 2 fully saturated rings. The zero-order chi connectivity index (χ0) is 12.8. The Kier molecular flexibility index (Phi) is 5.45. The molecule has 2 rings (SSSR count). The highest BCUT2D eigenvalue weighted by Gasteiger charge is 2.24. The molecule has 1 saturated heterocycles. The van der Waals surface area contributed by atoms with Gasteiger partial charge in [0.1, 0.15) is 0 Å². The van der Waals surface area contributed by atoms with Crippen LogP contribution in [0.1, 0.15) is 38.5 Å². The number of nitrogens with zero attached hydrogens (tertiary/aromatic N) is 2. The lowest BCUT2D eigenvalue weighted by molar-refractivity contribution is 0.201. The number of rotatable bonds is 3. The van der Waals surface area contributed by atoms with Crippen molar-refractivity contribution in [1.29, 1.82) is 5.41 Å². The smallest absolute Gasteiger partial charge is 0.0989 e. The van der Waals surface area contributed by atoms with E-state index in [0.29, 0.717) is 5.92 Å². The van der Waals surface area contributed by atoms with E-state index in [-0.39, 0.29) is 6.61 Å². The molecule has 0 amide bonds. The molecule has 0 aromatic carbocycles. The Morgan fingerprint density at radius 3 is 2.50 bits per heavy atom. The summed E-state index contributed by atoms with van der Waals surface area (Å²) in [7, 11) is 0. The average Bonchev–Trinajstić information content (AvgIpc) is 2.65. The lowest BCUT2D eigenvalue weighted by Crippen LogP contribution is -2.39. The molecule has 2 aliphatic rings. The second-order valence-corrected chi connectivity index (χ2v) is 5.63. The van der Waals surface area contributed by atoms with Crippen LogP contribution < -0.4 is 0 Å². The van der Waals surface area contributed by atoms with E-state index in [2.05, 4.69) is 9.80 Å². The van der Waals surface area contributed by atoms with Crippen LogP contribution in [0.15, 0.2) is 0 Å². The largest absolute Gasteiger partial charge is 0.395 e. The molecule has 4 nitrogen and oxygen atoms in total. The molecule has 0 aromatic rings. The molecular weight excluding hydrogens is 226 g/mol. The minimum Gasteiger partial charge on any atom is -0.395 e. The maximum absolute atomic E-state index is 8.99. The van der Waals surface area contributed by atoms with Crippen LogP contribution in [0.4, 0.5) is 0 Å². The van der Waals surface area contributed by atoms with Gasteiger partial charge >= 0.3 is 0 Å². The Bertz CT molecular complexity index is 264. The van der Waals surface area contributed by atoms with E-state index >= 15 is 0 Å². The Labute approximate surface area is 110 Å². The number of aliphatic hydroxyl groups is 1. The number of β-amino-alcohol motifs (C(OH)–C–C–N with tert-alkyl or cyclic N) is 1. The monoisotopic (exact) mass is 253 g/mol. The fourth-order valence-electron chi connectivity index (χ4n) is 3.21. The van der Waals surface area contributed by atoms with E-state index in [4.69, 9.17) is 10.5 Å². The summed E-state index contributed by atoms with van der Waals surface area (Å²) in [5, 5.41) is 17.4. The number of aliphatic hydroxyl groups excluding tert-OH is 1. The number of hydrogen-bond acceptors (Lipinski definition) is 3. The topological polar surface area (TPSA) is 50.6 Å². The first-order valence-corrected chi connectivity index (χ1v) is 7.48. The van der Waals surface area contributed by atoms with Gasteiger partial charge in [-0.1, -0.05) is 19.3 Å². The van der Waals surface area contributed by atoms with Crippen molar-refractivity contribution in [2.75, 3.05) is 39.3 Å². The van der Waals surface area contributed by atoms with E-state index in [9.17, 15) is 0 Å². The average molecular weight is 253 g/mol. The maximum Gasteiger partial charge on any atom is 0.0989 e. The first-order valence-electron chi connectivity index (χ1n) is 7.48. The Morgan fingerprint density at radius 1 is 1.00 bits per heavy atom. The maximum atomic E-state index is 8.99. The first kappa shape index (κ1) is 13.8. The Balaban J connectivity index is 1.82. The van der Waals surface area contributed by atoms with Gasteiger partial charge in [0.2, 0.25) is 0 Å². The zero-order valence-corrected chi connectivity index (χ0v) is 11.4. The molecule has 2 N–H and O–H groups in total. The minimum atomic E-state index is 0.250. The van der Waals surface area contributed by atoms with Crippen molar-refractivity contribution in [3.05, 3.63) is 0 Å². The summed E-state index contributed by atoms with van der Waals surface area (Å²) < 4.78 is 0. The van der Waals surface area contributed by atoms with Crippen molar-refractivity contribution in [1.82, 2.24) is 9.80 Å². The normalized spacial score (nSPS) is 23.9. The van der Waals surface area contributed by atoms with E-state index in [0.717, 1.165) is 45.0 Å². The van der Waals surface area contributed by atoms with Gasteiger partial charge in [-0.05, 0) is 25.8 Å². The van der Waals surface area contributed by atoms with E-state index in [1.54, 1.807) is 0 Å². The van der Waals surface area contributed by atoms with Crippen molar-refractivity contribution in [2.45, 2.75) is 38.5 Å². The fourth-order valence-corrected chi connectivity index (χ4v) is 3.21. The van der Waals surface area contributed by atoms with Crippen LogP contribution in [-0.4, -0.2) is 60.1 Å². The van der Waals surface area contributed by atoms with Crippen LogP contribution >= 0.6 is 0 Å². The van der Waals surface area contributed by atoms with Gasteiger partial charge in [-0.25, -0.2) is 0 Å². The molecule has 0 spiro atoms. The third-order valence-corrected chi connectivity index (χ3v) is 4.34. The zero-order valence-electron chi connectivity index (χ0n) is 11.4. The van der Waals surface area contributed by atoms with Gasteiger partial charge in [-0.2, -0.15) is 0 Å². The second kappa shape index (κ2) is 7.10. The molecular formula is C14H27N3O. The summed E-state index contributed by atoms with van der Waals surface area (Å²) in [6.07, 6.45) is 7.52. The summed E-state index contributed by atoms with van der Waals surface area (Å²) in [6.45, 7) is 5.09. The molecule has 0 unspecified atom stereocenters. The SMILES string of the molecule is N=C(C1CCCCC1)N1CCCN(CCO)CC1. The Hall–Kier alpha value is -0.610. The predicted molar refractivity (Wildman–Crippen MR) is 74.0 cm³/mol.